The Morgan fingerprint density at radius 3 is 2.55 bits per heavy atom. The molecule has 0 bridgehead atoms. The lowest BCUT2D eigenvalue weighted by molar-refractivity contribution is -0.137. The van der Waals surface area contributed by atoms with Gasteiger partial charge in [0.25, 0.3) is 5.91 Å². The highest BCUT2D eigenvalue weighted by Gasteiger charge is 2.34. The van der Waals surface area contributed by atoms with Gasteiger partial charge in [-0.3, -0.25) is 4.79 Å². The molecule has 204 valence electrons. The van der Waals surface area contributed by atoms with Gasteiger partial charge in [-0.1, -0.05) is 38.1 Å². The van der Waals surface area contributed by atoms with Crippen molar-refractivity contribution in [3.63, 3.8) is 0 Å². The normalized spacial score (nSPS) is 15.6. The van der Waals surface area contributed by atoms with Gasteiger partial charge < -0.3 is 9.73 Å². The largest absolute Gasteiger partial charge is 0.436 e. The van der Waals surface area contributed by atoms with Crippen molar-refractivity contribution in [3.05, 3.63) is 94.6 Å². The Hall–Kier alpha value is -4.38. The average Bonchev–Trinajstić information content (AvgIpc) is 3.39. The van der Waals surface area contributed by atoms with Crippen molar-refractivity contribution < 1.29 is 22.4 Å². The average molecular weight is 544 g/mol. The Morgan fingerprint density at radius 2 is 1.90 bits per heavy atom. The van der Waals surface area contributed by atoms with Gasteiger partial charge in [0, 0.05) is 23.2 Å². The zero-order chi connectivity index (χ0) is 28.4. The SMILES string of the molecule is CC(C)c1cc(C#N)cc2nc(-c3ccc(C(=O)NCC4CC=C(c5ccccc5C(F)(F)F)CC4)cc3)oc12. The van der Waals surface area contributed by atoms with Crippen molar-refractivity contribution in [1.82, 2.24) is 10.3 Å². The quantitative estimate of drug-likeness (QED) is 0.266. The van der Waals surface area contributed by atoms with Crippen molar-refractivity contribution in [2.24, 2.45) is 5.92 Å². The zero-order valence-electron chi connectivity index (χ0n) is 22.2. The fraction of sp³-hybridized carbons (Fsp3) is 0.281. The molecule has 40 heavy (non-hydrogen) atoms. The molecule has 1 aromatic heterocycles. The molecule has 8 heteroatoms. The van der Waals surface area contributed by atoms with Crippen molar-refractivity contribution >= 4 is 22.6 Å². The smallest absolute Gasteiger partial charge is 0.416 e. The summed E-state index contributed by atoms with van der Waals surface area (Å²) in [6.07, 6.45) is -0.701. The van der Waals surface area contributed by atoms with Gasteiger partial charge in [0.1, 0.15) is 5.52 Å². The van der Waals surface area contributed by atoms with Crippen LogP contribution in [0.25, 0.3) is 28.1 Å². The highest BCUT2D eigenvalue weighted by molar-refractivity contribution is 5.94. The van der Waals surface area contributed by atoms with Gasteiger partial charge in [0.05, 0.1) is 17.2 Å². The lowest BCUT2D eigenvalue weighted by atomic mass is 9.85. The van der Waals surface area contributed by atoms with Crippen LogP contribution in [0.3, 0.4) is 0 Å². The van der Waals surface area contributed by atoms with Crippen LogP contribution < -0.4 is 5.32 Å². The van der Waals surface area contributed by atoms with E-state index in [0.717, 1.165) is 11.6 Å². The molecule has 1 amide bonds. The van der Waals surface area contributed by atoms with Crippen LogP contribution in [0.5, 0.6) is 0 Å². The number of nitriles is 1. The van der Waals surface area contributed by atoms with E-state index in [1.165, 1.54) is 12.1 Å². The maximum atomic E-state index is 13.4. The van der Waals surface area contributed by atoms with Crippen LogP contribution >= 0.6 is 0 Å². The van der Waals surface area contributed by atoms with E-state index in [-0.39, 0.29) is 23.3 Å². The summed E-state index contributed by atoms with van der Waals surface area (Å²) >= 11 is 0. The Kier molecular flexibility index (Phi) is 7.49. The minimum Gasteiger partial charge on any atom is -0.436 e. The molecule has 0 saturated heterocycles. The summed E-state index contributed by atoms with van der Waals surface area (Å²) in [5, 5.41) is 12.3. The van der Waals surface area contributed by atoms with Gasteiger partial charge in [-0.2, -0.15) is 18.4 Å². The van der Waals surface area contributed by atoms with E-state index in [4.69, 9.17) is 4.42 Å². The summed E-state index contributed by atoms with van der Waals surface area (Å²) in [5.74, 6) is 0.501. The predicted octanol–water partition coefficient (Wildman–Crippen LogP) is 8.12. The molecule has 5 nitrogen and oxygen atoms in total. The highest BCUT2D eigenvalue weighted by atomic mass is 19.4. The lowest BCUT2D eigenvalue weighted by Crippen LogP contribution is -2.30. The monoisotopic (exact) mass is 543 g/mol. The number of hydrogen-bond donors (Lipinski definition) is 1. The number of benzene rings is 3. The Bertz CT molecular complexity index is 1630. The van der Waals surface area contributed by atoms with Gasteiger partial charge in [0.15, 0.2) is 5.58 Å². The summed E-state index contributed by atoms with van der Waals surface area (Å²) in [6, 6.07) is 18.3. The van der Waals surface area contributed by atoms with Crippen LogP contribution in [0.4, 0.5) is 13.2 Å². The number of oxazole rings is 1. The number of nitrogens with one attached hydrogen (secondary N) is 1. The van der Waals surface area contributed by atoms with Crippen LogP contribution in [-0.4, -0.2) is 17.4 Å². The summed E-state index contributed by atoms with van der Waals surface area (Å²) < 4.78 is 46.3. The van der Waals surface area contributed by atoms with Crippen molar-refractivity contribution in [2.75, 3.05) is 6.54 Å². The first-order valence-electron chi connectivity index (χ1n) is 13.2. The maximum absolute atomic E-state index is 13.4. The van der Waals surface area contributed by atoms with Gasteiger partial charge in [-0.25, -0.2) is 4.98 Å². The molecule has 1 heterocycles. The standard InChI is InChI=1S/C32H28F3N3O2/c1-19(2)26-15-21(17-36)16-28-29(26)40-31(38-28)24-13-11-23(12-14-24)30(39)37-18-20-7-9-22(10-8-20)25-5-3-4-6-27(25)32(33,34)35/h3-6,9,11-16,19-20H,7-8,10,18H2,1-2H3,(H,37,39). The molecule has 0 spiro atoms. The number of amides is 1. The number of halogens is 3. The molecular weight excluding hydrogens is 515 g/mol. The number of allylic oxidation sites excluding steroid dienone is 2. The van der Waals surface area contributed by atoms with Gasteiger partial charge in [0.2, 0.25) is 5.89 Å². The van der Waals surface area contributed by atoms with E-state index in [2.05, 4.69) is 16.4 Å². The number of hydrogen-bond acceptors (Lipinski definition) is 4. The maximum Gasteiger partial charge on any atom is 0.416 e. The third-order valence-corrected chi connectivity index (χ3v) is 7.31. The molecule has 0 fully saturated rings. The lowest BCUT2D eigenvalue weighted by Gasteiger charge is -2.24. The number of rotatable bonds is 6. The van der Waals surface area contributed by atoms with Crippen molar-refractivity contribution in [2.45, 2.75) is 45.2 Å². The van der Waals surface area contributed by atoms with Crippen LogP contribution in [0.2, 0.25) is 0 Å². The number of nitrogens with zero attached hydrogens (tertiary/aromatic N) is 2. The molecule has 0 radical (unpaired) electrons. The molecule has 1 atom stereocenters. The number of aromatic nitrogens is 1. The highest BCUT2D eigenvalue weighted by Crippen LogP contribution is 2.38. The second kappa shape index (κ2) is 11.0. The number of alkyl halides is 3. The summed E-state index contributed by atoms with van der Waals surface area (Å²) in [6.45, 7) is 4.50. The molecule has 3 aromatic carbocycles. The Labute approximate surface area is 230 Å². The van der Waals surface area contributed by atoms with E-state index in [1.807, 2.05) is 26.0 Å². The second-order valence-corrected chi connectivity index (χ2v) is 10.4. The minimum absolute atomic E-state index is 0.151. The molecule has 1 aliphatic carbocycles. The summed E-state index contributed by atoms with van der Waals surface area (Å²) in [7, 11) is 0. The third-order valence-electron chi connectivity index (χ3n) is 7.31. The van der Waals surface area contributed by atoms with Crippen molar-refractivity contribution in [1.29, 1.82) is 5.26 Å². The van der Waals surface area contributed by atoms with Gasteiger partial charge >= 0.3 is 6.18 Å². The Balaban J connectivity index is 1.23. The first kappa shape index (κ1) is 27.2. The first-order chi connectivity index (χ1) is 19.1. The molecule has 1 aliphatic rings. The Morgan fingerprint density at radius 1 is 1.15 bits per heavy atom. The predicted molar refractivity (Wildman–Crippen MR) is 147 cm³/mol. The molecular formula is C32H28F3N3O2. The minimum atomic E-state index is -4.39. The summed E-state index contributed by atoms with van der Waals surface area (Å²) in [4.78, 5) is 17.4. The van der Waals surface area contributed by atoms with E-state index in [1.54, 1.807) is 36.4 Å². The topological polar surface area (TPSA) is 78.9 Å². The second-order valence-electron chi connectivity index (χ2n) is 10.4. The molecule has 1 unspecified atom stereocenters. The van der Waals surface area contributed by atoms with Gasteiger partial charge in [-0.05, 0) is 84.7 Å². The fourth-order valence-electron chi connectivity index (χ4n) is 5.11. The summed E-state index contributed by atoms with van der Waals surface area (Å²) in [5.41, 5.74) is 4.24. The first-order valence-corrected chi connectivity index (χ1v) is 13.2. The molecule has 0 aliphatic heterocycles. The molecule has 1 N–H and O–H groups in total. The van der Waals surface area contributed by atoms with E-state index in [9.17, 15) is 23.2 Å². The molecule has 4 aromatic rings. The van der Waals surface area contributed by atoms with Crippen molar-refractivity contribution in [3.8, 4) is 17.5 Å². The molecule has 0 saturated carbocycles. The zero-order valence-corrected chi connectivity index (χ0v) is 22.2. The van der Waals surface area contributed by atoms with Crippen LogP contribution in [0.1, 0.15) is 71.6 Å². The van der Waals surface area contributed by atoms with E-state index in [0.29, 0.717) is 65.1 Å². The van der Waals surface area contributed by atoms with Crippen LogP contribution in [-0.2, 0) is 6.18 Å². The molecule has 5 rings (SSSR count). The number of carbonyl (C=O) groups is 1. The van der Waals surface area contributed by atoms with Crippen LogP contribution in [0.15, 0.2) is 71.2 Å². The van der Waals surface area contributed by atoms with E-state index < -0.39 is 11.7 Å². The fourth-order valence-corrected chi connectivity index (χ4v) is 5.11. The van der Waals surface area contributed by atoms with Crippen LogP contribution in [0, 0.1) is 17.2 Å². The number of carbonyl (C=O) groups excluding carboxylic acids is 1. The third kappa shape index (κ3) is 5.64. The number of fused-ring (bicyclic) bond motifs is 1. The van der Waals surface area contributed by atoms with Gasteiger partial charge in [-0.15, -0.1) is 0 Å². The van der Waals surface area contributed by atoms with E-state index >= 15 is 0 Å².